The SMILES string of the molecule is COC(C)(C)Cc1cccc(C2(C(=O)O)CCCC2)c1. The molecule has 1 aromatic carbocycles. The first-order chi connectivity index (χ1) is 9.39. The number of methoxy groups -OCH3 is 1. The molecule has 1 saturated carbocycles. The lowest BCUT2D eigenvalue weighted by atomic mass is 9.78. The van der Waals surface area contributed by atoms with E-state index in [4.69, 9.17) is 4.74 Å². The van der Waals surface area contributed by atoms with E-state index >= 15 is 0 Å². The largest absolute Gasteiger partial charge is 0.481 e. The summed E-state index contributed by atoms with van der Waals surface area (Å²) < 4.78 is 5.46. The zero-order valence-corrected chi connectivity index (χ0v) is 12.6. The number of benzene rings is 1. The third-order valence-corrected chi connectivity index (χ3v) is 4.53. The van der Waals surface area contributed by atoms with Gasteiger partial charge < -0.3 is 9.84 Å². The summed E-state index contributed by atoms with van der Waals surface area (Å²) in [6.45, 7) is 4.09. The molecule has 1 aliphatic rings. The summed E-state index contributed by atoms with van der Waals surface area (Å²) >= 11 is 0. The Balaban J connectivity index is 2.32. The van der Waals surface area contributed by atoms with Crippen molar-refractivity contribution < 1.29 is 14.6 Å². The maximum Gasteiger partial charge on any atom is 0.314 e. The molecule has 0 spiro atoms. The highest BCUT2D eigenvalue weighted by Crippen LogP contribution is 2.41. The number of aliphatic carboxylic acids is 1. The number of rotatable bonds is 5. The fraction of sp³-hybridized carbons (Fsp3) is 0.588. The Morgan fingerprint density at radius 1 is 1.35 bits per heavy atom. The summed E-state index contributed by atoms with van der Waals surface area (Å²) in [7, 11) is 1.71. The number of carboxylic acids is 1. The number of carboxylic acid groups (broad SMARTS) is 1. The summed E-state index contributed by atoms with van der Waals surface area (Å²) in [6, 6.07) is 8.04. The van der Waals surface area contributed by atoms with Crippen molar-refractivity contribution in [2.24, 2.45) is 0 Å². The van der Waals surface area contributed by atoms with E-state index in [1.807, 2.05) is 26.0 Å². The number of hydrogen-bond donors (Lipinski definition) is 1. The van der Waals surface area contributed by atoms with Crippen LogP contribution in [0.2, 0.25) is 0 Å². The van der Waals surface area contributed by atoms with Crippen LogP contribution in [0.4, 0.5) is 0 Å². The predicted molar refractivity (Wildman–Crippen MR) is 79.0 cm³/mol. The van der Waals surface area contributed by atoms with E-state index in [2.05, 4.69) is 12.1 Å². The fourth-order valence-corrected chi connectivity index (χ4v) is 3.15. The molecule has 0 radical (unpaired) electrons. The van der Waals surface area contributed by atoms with Gasteiger partial charge in [0, 0.05) is 13.5 Å². The van der Waals surface area contributed by atoms with Crippen LogP contribution in [0.5, 0.6) is 0 Å². The molecule has 0 amide bonds. The van der Waals surface area contributed by atoms with Crippen molar-refractivity contribution in [1.82, 2.24) is 0 Å². The van der Waals surface area contributed by atoms with Gasteiger partial charge in [-0.3, -0.25) is 4.79 Å². The van der Waals surface area contributed by atoms with E-state index in [1.54, 1.807) is 7.11 Å². The molecule has 1 aromatic rings. The van der Waals surface area contributed by atoms with E-state index in [9.17, 15) is 9.90 Å². The van der Waals surface area contributed by atoms with Crippen LogP contribution in [0, 0.1) is 0 Å². The van der Waals surface area contributed by atoms with E-state index in [0.29, 0.717) is 0 Å². The van der Waals surface area contributed by atoms with Crippen molar-refractivity contribution in [3.05, 3.63) is 35.4 Å². The van der Waals surface area contributed by atoms with Gasteiger partial charge in [0.05, 0.1) is 11.0 Å². The van der Waals surface area contributed by atoms with Crippen molar-refractivity contribution in [2.75, 3.05) is 7.11 Å². The van der Waals surface area contributed by atoms with E-state index in [0.717, 1.165) is 43.2 Å². The maximum atomic E-state index is 11.8. The average molecular weight is 276 g/mol. The number of hydrogen-bond acceptors (Lipinski definition) is 2. The minimum atomic E-state index is -0.682. The van der Waals surface area contributed by atoms with Crippen molar-refractivity contribution in [2.45, 2.75) is 57.0 Å². The van der Waals surface area contributed by atoms with Crippen LogP contribution < -0.4 is 0 Å². The van der Waals surface area contributed by atoms with Crippen LogP contribution in [0.1, 0.15) is 50.7 Å². The molecule has 0 unspecified atom stereocenters. The predicted octanol–water partition coefficient (Wildman–Crippen LogP) is 3.55. The zero-order valence-electron chi connectivity index (χ0n) is 12.6. The Morgan fingerprint density at radius 3 is 2.55 bits per heavy atom. The highest BCUT2D eigenvalue weighted by molar-refractivity contribution is 5.81. The molecule has 1 N–H and O–H groups in total. The van der Waals surface area contributed by atoms with Gasteiger partial charge in [0.2, 0.25) is 0 Å². The first-order valence-corrected chi connectivity index (χ1v) is 7.28. The molecular formula is C17H24O3. The second-order valence-corrected chi connectivity index (χ2v) is 6.44. The highest BCUT2D eigenvalue weighted by Gasteiger charge is 2.42. The first-order valence-electron chi connectivity index (χ1n) is 7.28. The molecule has 3 heteroatoms. The second kappa shape index (κ2) is 5.57. The molecule has 1 fully saturated rings. The standard InChI is InChI=1S/C17H24O3/c1-16(2,20-3)12-13-7-6-8-14(11-13)17(15(18)19)9-4-5-10-17/h6-8,11H,4-5,9-10,12H2,1-3H3,(H,18,19). The van der Waals surface area contributed by atoms with Crippen LogP contribution >= 0.6 is 0 Å². The first kappa shape index (κ1) is 15.0. The van der Waals surface area contributed by atoms with Crippen LogP contribution in [0.25, 0.3) is 0 Å². The van der Waals surface area contributed by atoms with Crippen molar-refractivity contribution in [3.8, 4) is 0 Å². The van der Waals surface area contributed by atoms with Gasteiger partial charge in [-0.15, -0.1) is 0 Å². The Hall–Kier alpha value is -1.35. The molecule has 110 valence electrons. The third-order valence-electron chi connectivity index (χ3n) is 4.53. The normalized spacial score (nSPS) is 18.1. The van der Waals surface area contributed by atoms with Gasteiger partial charge in [-0.05, 0) is 37.8 Å². The molecule has 0 aliphatic heterocycles. The zero-order chi connectivity index (χ0) is 14.8. The lowest BCUT2D eigenvalue weighted by molar-refractivity contribution is -0.143. The quantitative estimate of drug-likeness (QED) is 0.894. The smallest absolute Gasteiger partial charge is 0.314 e. The minimum absolute atomic E-state index is 0.231. The average Bonchev–Trinajstić information content (AvgIpc) is 2.89. The molecule has 0 aromatic heterocycles. The van der Waals surface area contributed by atoms with Crippen LogP contribution in [-0.2, 0) is 21.4 Å². The Bertz CT molecular complexity index is 485. The number of carbonyl (C=O) groups is 1. The van der Waals surface area contributed by atoms with Gasteiger partial charge in [0.1, 0.15) is 0 Å². The Kier molecular flexibility index (Phi) is 4.19. The van der Waals surface area contributed by atoms with Crippen molar-refractivity contribution >= 4 is 5.97 Å². The van der Waals surface area contributed by atoms with E-state index < -0.39 is 11.4 Å². The Morgan fingerprint density at radius 2 is 2.00 bits per heavy atom. The van der Waals surface area contributed by atoms with E-state index in [-0.39, 0.29) is 5.60 Å². The third kappa shape index (κ3) is 2.88. The summed E-state index contributed by atoms with van der Waals surface area (Å²) in [5, 5.41) is 9.66. The monoisotopic (exact) mass is 276 g/mol. The van der Waals surface area contributed by atoms with Gasteiger partial charge in [-0.1, -0.05) is 37.1 Å². The van der Waals surface area contributed by atoms with Gasteiger partial charge in [0.15, 0.2) is 0 Å². The topological polar surface area (TPSA) is 46.5 Å². The molecule has 2 rings (SSSR count). The van der Waals surface area contributed by atoms with Gasteiger partial charge in [-0.2, -0.15) is 0 Å². The van der Waals surface area contributed by atoms with Gasteiger partial charge in [0.25, 0.3) is 0 Å². The molecule has 0 atom stereocenters. The summed E-state index contributed by atoms with van der Waals surface area (Å²) in [5.74, 6) is -0.682. The molecule has 0 bridgehead atoms. The van der Waals surface area contributed by atoms with Gasteiger partial charge in [-0.25, -0.2) is 0 Å². The Labute approximate surface area is 121 Å². The molecule has 3 nitrogen and oxygen atoms in total. The van der Waals surface area contributed by atoms with Crippen molar-refractivity contribution in [3.63, 3.8) is 0 Å². The van der Waals surface area contributed by atoms with Crippen molar-refractivity contribution in [1.29, 1.82) is 0 Å². The molecule has 0 saturated heterocycles. The maximum absolute atomic E-state index is 11.8. The summed E-state index contributed by atoms with van der Waals surface area (Å²) in [5.41, 5.74) is 1.19. The van der Waals surface area contributed by atoms with E-state index in [1.165, 1.54) is 0 Å². The molecule has 20 heavy (non-hydrogen) atoms. The van der Waals surface area contributed by atoms with Gasteiger partial charge >= 0.3 is 5.97 Å². The lowest BCUT2D eigenvalue weighted by Gasteiger charge is -2.27. The fourth-order valence-electron chi connectivity index (χ4n) is 3.15. The van der Waals surface area contributed by atoms with Crippen LogP contribution in [-0.4, -0.2) is 23.8 Å². The second-order valence-electron chi connectivity index (χ2n) is 6.44. The summed E-state index contributed by atoms with van der Waals surface area (Å²) in [6.07, 6.45) is 4.28. The molecule has 1 aliphatic carbocycles. The molecular weight excluding hydrogens is 252 g/mol. The minimum Gasteiger partial charge on any atom is -0.481 e. The highest BCUT2D eigenvalue weighted by atomic mass is 16.5. The number of ether oxygens (including phenoxy) is 1. The van der Waals surface area contributed by atoms with Crippen LogP contribution in [0.3, 0.4) is 0 Å². The van der Waals surface area contributed by atoms with Crippen LogP contribution in [0.15, 0.2) is 24.3 Å². The summed E-state index contributed by atoms with van der Waals surface area (Å²) in [4.78, 5) is 11.8. The molecule has 0 heterocycles. The lowest BCUT2D eigenvalue weighted by Crippen LogP contribution is -2.33.